The minimum atomic E-state index is -0.302. The number of nitrogens with zero attached hydrogens (tertiary/aromatic N) is 2. The van der Waals surface area contributed by atoms with Gasteiger partial charge in [0.2, 0.25) is 0 Å². The van der Waals surface area contributed by atoms with Crippen LogP contribution in [0.3, 0.4) is 0 Å². The van der Waals surface area contributed by atoms with E-state index < -0.39 is 0 Å². The van der Waals surface area contributed by atoms with Crippen molar-refractivity contribution < 1.29 is 9.50 Å². The summed E-state index contributed by atoms with van der Waals surface area (Å²) in [5, 5.41) is 8.55. The van der Waals surface area contributed by atoms with Crippen molar-refractivity contribution in [3.8, 4) is 11.8 Å². The number of aliphatic hydroxyl groups excluding tert-OH is 1. The Kier molecular flexibility index (Phi) is 3.53. The van der Waals surface area contributed by atoms with Crippen molar-refractivity contribution in [2.24, 2.45) is 0 Å². The van der Waals surface area contributed by atoms with E-state index in [1.165, 1.54) is 6.07 Å². The molecule has 0 unspecified atom stereocenters. The topological polar surface area (TPSA) is 38.0 Å². The van der Waals surface area contributed by atoms with E-state index in [4.69, 9.17) is 5.11 Å². The van der Waals surface area contributed by atoms with Gasteiger partial charge in [-0.2, -0.15) is 0 Å². The predicted octanol–water partition coefficient (Wildman–Crippen LogP) is 1.41. The number of halogens is 1. The summed E-state index contributed by atoms with van der Waals surface area (Å²) in [6.45, 7) is 0.220. The maximum atomic E-state index is 13.7. The number of aromatic nitrogens is 2. The molecule has 1 aromatic carbocycles. The molecule has 2 rings (SSSR count). The first-order chi connectivity index (χ1) is 8.29. The molecule has 0 saturated heterocycles. The maximum Gasteiger partial charge on any atom is 0.129 e. The Morgan fingerprint density at radius 3 is 2.94 bits per heavy atom. The zero-order valence-corrected chi connectivity index (χ0v) is 9.10. The third-order valence-electron chi connectivity index (χ3n) is 2.28. The van der Waals surface area contributed by atoms with Gasteiger partial charge in [-0.1, -0.05) is 17.9 Å². The van der Waals surface area contributed by atoms with Crippen molar-refractivity contribution in [2.75, 3.05) is 6.61 Å². The second-order valence-electron chi connectivity index (χ2n) is 3.50. The number of imidazole rings is 1. The summed E-state index contributed by atoms with van der Waals surface area (Å²) in [6, 6.07) is 4.80. The number of rotatable bonds is 2. The Balaban J connectivity index is 2.20. The van der Waals surface area contributed by atoms with Gasteiger partial charge in [-0.15, -0.1) is 0 Å². The second-order valence-corrected chi connectivity index (χ2v) is 3.50. The van der Waals surface area contributed by atoms with Crippen LogP contribution in [-0.4, -0.2) is 21.3 Å². The number of benzene rings is 1. The minimum absolute atomic E-state index is 0.224. The van der Waals surface area contributed by atoms with Crippen LogP contribution in [0.5, 0.6) is 0 Å². The first kappa shape index (κ1) is 11.4. The highest BCUT2D eigenvalue weighted by Gasteiger charge is 2.03. The van der Waals surface area contributed by atoms with Crippen LogP contribution in [-0.2, 0) is 6.54 Å². The quantitative estimate of drug-likeness (QED) is 0.792. The number of hydrogen-bond donors (Lipinski definition) is 1. The summed E-state index contributed by atoms with van der Waals surface area (Å²) >= 11 is 0. The highest BCUT2D eigenvalue weighted by molar-refractivity contribution is 5.37. The molecule has 0 spiro atoms. The molecule has 1 N–H and O–H groups in total. The van der Waals surface area contributed by atoms with E-state index in [2.05, 4.69) is 16.8 Å². The Hall–Kier alpha value is -2.12. The summed E-state index contributed by atoms with van der Waals surface area (Å²) in [5.74, 6) is 4.84. The molecular formula is C13H11FN2O. The third kappa shape index (κ3) is 2.92. The Labute approximate surface area is 98.5 Å². The normalized spacial score (nSPS) is 9.76. The first-order valence-corrected chi connectivity index (χ1v) is 5.13. The highest BCUT2D eigenvalue weighted by Crippen LogP contribution is 2.11. The van der Waals surface area contributed by atoms with Crippen LogP contribution >= 0.6 is 0 Å². The fraction of sp³-hybridized carbons (Fsp3) is 0.154. The summed E-state index contributed by atoms with van der Waals surface area (Å²) in [7, 11) is 0. The van der Waals surface area contributed by atoms with Crippen LogP contribution in [0.2, 0.25) is 0 Å². The smallest absolute Gasteiger partial charge is 0.129 e. The highest BCUT2D eigenvalue weighted by atomic mass is 19.1. The summed E-state index contributed by atoms with van der Waals surface area (Å²) in [4.78, 5) is 3.90. The largest absolute Gasteiger partial charge is 0.384 e. The lowest BCUT2D eigenvalue weighted by Crippen LogP contribution is -1.99. The van der Waals surface area contributed by atoms with Crippen molar-refractivity contribution in [3.05, 3.63) is 53.9 Å². The van der Waals surface area contributed by atoms with Crippen molar-refractivity contribution >= 4 is 0 Å². The van der Waals surface area contributed by atoms with Crippen LogP contribution in [0.4, 0.5) is 4.39 Å². The van der Waals surface area contributed by atoms with Gasteiger partial charge in [0.1, 0.15) is 12.4 Å². The molecule has 0 radical (unpaired) electrons. The molecule has 0 aliphatic rings. The van der Waals surface area contributed by atoms with Crippen LogP contribution in [0.25, 0.3) is 0 Å². The lowest BCUT2D eigenvalue weighted by molar-refractivity contribution is 0.350. The molecular weight excluding hydrogens is 219 g/mol. The average Bonchev–Trinajstić information content (AvgIpc) is 2.82. The fourth-order valence-corrected chi connectivity index (χ4v) is 1.47. The van der Waals surface area contributed by atoms with Gasteiger partial charge >= 0.3 is 0 Å². The Bertz CT molecular complexity index is 553. The Morgan fingerprint density at radius 2 is 2.29 bits per heavy atom. The molecule has 0 bridgehead atoms. The third-order valence-corrected chi connectivity index (χ3v) is 2.28. The summed E-state index contributed by atoms with van der Waals surface area (Å²) in [6.07, 6.45) is 5.07. The van der Waals surface area contributed by atoms with Crippen molar-refractivity contribution in [2.45, 2.75) is 6.54 Å². The van der Waals surface area contributed by atoms with Gasteiger partial charge in [0.15, 0.2) is 0 Å². The van der Waals surface area contributed by atoms with Crippen LogP contribution in [0.15, 0.2) is 36.9 Å². The van der Waals surface area contributed by atoms with E-state index in [1.54, 1.807) is 35.4 Å². The lowest BCUT2D eigenvalue weighted by atomic mass is 10.1. The number of aliphatic hydroxyl groups is 1. The van der Waals surface area contributed by atoms with Gasteiger partial charge in [0, 0.05) is 23.5 Å². The van der Waals surface area contributed by atoms with Crippen LogP contribution in [0.1, 0.15) is 11.1 Å². The minimum Gasteiger partial charge on any atom is -0.384 e. The molecule has 3 nitrogen and oxygen atoms in total. The molecule has 86 valence electrons. The van der Waals surface area contributed by atoms with E-state index in [1.807, 2.05) is 0 Å². The zero-order chi connectivity index (χ0) is 12.1. The summed E-state index contributed by atoms with van der Waals surface area (Å²) in [5.41, 5.74) is 1.14. The van der Waals surface area contributed by atoms with Crippen molar-refractivity contribution in [1.29, 1.82) is 0 Å². The molecule has 1 heterocycles. The van der Waals surface area contributed by atoms with Gasteiger partial charge in [0.05, 0.1) is 12.9 Å². The van der Waals surface area contributed by atoms with Crippen molar-refractivity contribution in [1.82, 2.24) is 9.55 Å². The van der Waals surface area contributed by atoms with E-state index in [0.717, 1.165) is 0 Å². The molecule has 2 aromatic rings. The molecule has 4 heteroatoms. The van der Waals surface area contributed by atoms with Gasteiger partial charge < -0.3 is 9.67 Å². The molecule has 17 heavy (non-hydrogen) atoms. The van der Waals surface area contributed by atoms with E-state index in [9.17, 15) is 4.39 Å². The zero-order valence-electron chi connectivity index (χ0n) is 9.10. The molecule has 0 aliphatic carbocycles. The van der Waals surface area contributed by atoms with Gasteiger partial charge in [-0.3, -0.25) is 0 Å². The molecule has 0 amide bonds. The predicted molar refractivity (Wildman–Crippen MR) is 61.7 cm³/mol. The van der Waals surface area contributed by atoms with Crippen LogP contribution in [0, 0.1) is 17.7 Å². The van der Waals surface area contributed by atoms with E-state index in [-0.39, 0.29) is 12.4 Å². The maximum absolute atomic E-state index is 13.7. The number of hydrogen-bond acceptors (Lipinski definition) is 2. The summed E-state index contributed by atoms with van der Waals surface area (Å²) < 4.78 is 15.5. The molecule has 0 atom stereocenters. The molecule has 0 fully saturated rings. The lowest BCUT2D eigenvalue weighted by Gasteiger charge is -2.04. The molecule has 0 saturated carbocycles. The SMILES string of the molecule is OCC#Cc1ccc(Cn2ccnc2)c(F)c1. The second kappa shape index (κ2) is 5.28. The van der Waals surface area contributed by atoms with E-state index in [0.29, 0.717) is 17.7 Å². The Morgan fingerprint density at radius 1 is 1.41 bits per heavy atom. The molecule has 1 aromatic heterocycles. The molecule has 0 aliphatic heterocycles. The van der Waals surface area contributed by atoms with Crippen molar-refractivity contribution in [3.63, 3.8) is 0 Å². The van der Waals surface area contributed by atoms with Gasteiger partial charge in [0.25, 0.3) is 0 Å². The van der Waals surface area contributed by atoms with Gasteiger partial charge in [-0.25, -0.2) is 9.37 Å². The average molecular weight is 230 g/mol. The first-order valence-electron chi connectivity index (χ1n) is 5.13. The fourth-order valence-electron chi connectivity index (χ4n) is 1.47. The van der Waals surface area contributed by atoms with Crippen LogP contribution < -0.4 is 0 Å². The van der Waals surface area contributed by atoms with Gasteiger partial charge in [-0.05, 0) is 12.1 Å². The standard InChI is InChI=1S/C13H11FN2O/c14-13-8-11(2-1-7-17)3-4-12(13)9-16-6-5-15-10-16/h3-6,8,10,17H,7,9H2. The van der Waals surface area contributed by atoms with E-state index >= 15 is 0 Å². The monoisotopic (exact) mass is 230 g/mol.